The van der Waals surface area contributed by atoms with Crippen LogP contribution in [-0.4, -0.2) is 33.8 Å². The molecule has 2 heterocycles. The molecule has 0 amide bonds. The standard InChI is InChI=1S/C11H20N6/c1-8(2)14-11(12-3)13-7-10-16-15-9-5-4-6-17(9)10/h8H,4-7H2,1-3H3,(H2,12,13,14). The summed E-state index contributed by atoms with van der Waals surface area (Å²) in [6, 6.07) is 0.366. The van der Waals surface area contributed by atoms with E-state index in [0.717, 1.165) is 30.6 Å². The van der Waals surface area contributed by atoms with Gasteiger partial charge in [0, 0.05) is 26.1 Å². The zero-order chi connectivity index (χ0) is 12.3. The molecule has 6 heteroatoms. The van der Waals surface area contributed by atoms with Gasteiger partial charge in [0.25, 0.3) is 0 Å². The first-order chi connectivity index (χ1) is 8.20. The lowest BCUT2D eigenvalue weighted by Gasteiger charge is -2.14. The second-order valence-electron chi connectivity index (χ2n) is 4.51. The van der Waals surface area contributed by atoms with Gasteiger partial charge in [0.05, 0.1) is 6.54 Å². The minimum atomic E-state index is 0.366. The Morgan fingerprint density at radius 1 is 1.47 bits per heavy atom. The van der Waals surface area contributed by atoms with E-state index in [1.54, 1.807) is 7.05 Å². The molecule has 1 aromatic heterocycles. The summed E-state index contributed by atoms with van der Waals surface area (Å²) in [6.07, 6.45) is 2.22. The van der Waals surface area contributed by atoms with Crippen molar-refractivity contribution in [1.29, 1.82) is 0 Å². The van der Waals surface area contributed by atoms with Gasteiger partial charge in [0.2, 0.25) is 0 Å². The molecule has 0 radical (unpaired) electrons. The molecule has 6 nitrogen and oxygen atoms in total. The van der Waals surface area contributed by atoms with Crippen molar-refractivity contribution in [3.8, 4) is 0 Å². The zero-order valence-electron chi connectivity index (χ0n) is 10.7. The topological polar surface area (TPSA) is 67.1 Å². The second-order valence-corrected chi connectivity index (χ2v) is 4.51. The maximum absolute atomic E-state index is 4.19. The lowest BCUT2D eigenvalue weighted by molar-refractivity contribution is 0.650. The van der Waals surface area contributed by atoms with E-state index in [1.165, 1.54) is 6.42 Å². The molecule has 1 aliphatic heterocycles. The van der Waals surface area contributed by atoms with Gasteiger partial charge in [-0.05, 0) is 20.3 Å². The highest BCUT2D eigenvalue weighted by Gasteiger charge is 2.16. The van der Waals surface area contributed by atoms with Crippen LogP contribution in [0.25, 0.3) is 0 Å². The van der Waals surface area contributed by atoms with Gasteiger partial charge < -0.3 is 15.2 Å². The van der Waals surface area contributed by atoms with Gasteiger partial charge >= 0.3 is 0 Å². The maximum atomic E-state index is 4.19. The van der Waals surface area contributed by atoms with Crippen LogP contribution < -0.4 is 10.6 Å². The van der Waals surface area contributed by atoms with E-state index in [0.29, 0.717) is 12.6 Å². The Kier molecular flexibility index (Phi) is 3.61. The Bertz CT molecular complexity index is 406. The molecule has 1 aromatic rings. The van der Waals surface area contributed by atoms with Crippen molar-refractivity contribution in [2.24, 2.45) is 4.99 Å². The minimum Gasteiger partial charge on any atom is -0.354 e. The zero-order valence-corrected chi connectivity index (χ0v) is 10.7. The summed E-state index contributed by atoms with van der Waals surface area (Å²) in [5.74, 6) is 2.90. The highest BCUT2D eigenvalue weighted by Crippen LogP contribution is 2.13. The highest BCUT2D eigenvalue weighted by molar-refractivity contribution is 5.79. The van der Waals surface area contributed by atoms with Crippen molar-refractivity contribution < 1.29 is 0 Å². The van der Waals surface area contributed by atoms with E-state index in [1.807, 2.05) is 0 Å². The summed E-state index contributed by atoms with van der Waals surface area (Å²) in [5, 5.41) is 14.9. The molecule has 0 spiro atoms. The van der Waals surface area contributed by atoms with E-state index in [4.69, 9.17) is 0 Å². The van der Waals surface area contributed by atoms with Gasteiger partial charge in [-0.25, -0.2) is 0 Å². The van der Waals surface area contributed by atoms with Crippen molar-refractivity contribution in [2.75, 3.05) is 7.05 Å². The van der Waals surface area contributed by atoms with Crippen molar-refractivity contribution in [1.82, 2.24) is 25.4 Å². The SMILES string of the molecule is CN=C(NCc1nnc2n1CCC2)NC(C)C. The normalized spacial score (nSPS) is 15.2. The van der Waals surface area contributed by atoms with Crippen LogP contribution in [0.15, 0.2) is 4.99 Å². The summed E-state index contributed by atoms with van der Waals surface area (Å²) >= 11 is 0. The molecule has 0 fully saturated rings. The van der Waals surface area contributed by atoms with Crippen molar-refractivity contribution in [3.05, 3.63) is 11.6 Å². The van der Waals surface area contributed by atoms with Gasteiger partial charge in [-0.15, -0.1) is 10.2 Å². The van der Waals surface area contributed by atoms with Crippen molar-refractivity contribution in [3.63, 3.8) is 0 Å². The summed E-state index contributed by atoms with van der Waals surface area (Å²) in [5.41, 5.74) is 0. The van der Waals surface area contributed by atoms with Crippen LogP contribution in [0.2, 0.25) is 0 Å². The Labute approximate surface area is 102 Å². The smallest absolute Gasteiger partial charge is 0.191 e. The van der Waals surface area contributed by atoms with E-state index < -0.39 is 0 Å². The molecule has 2 N–H and O–H groups in total. The summed E-state index contributed by atoms with van der Waals surface area (Å²) < 4.78 is 2.19. The first kappa shape index (κ1) is 11.9. The number of guanidine groups is 1. The molecule has 94 valence electrons. The summed E-state index contributed by atoms with van der Waals surface area (Å²) in [6.45, 7) is 5.87. The van der Waals surface area contributed by atoms with Gasteiger partial charge in [-0.3, -0.25) is 4.99 Å². The number of nitrogens with zero attached hydrogens (tertiary/aromatic N) is 4. The van der Waals surface area contributed by atoms with Crippen LogP contribution in [0.4, 0.5) is 0 Å². The first-order valence-electron chi connectivity index (χ1n) is 6.09. The number of hydrogen-bond acceptors (Lipinski definition) is 3. The van der Waals surface area contributed by atoms with Gasteiger partial charge in [-0.1, -0.05) is 0 Å². The molecule has 0 bridgehead atoms. The molecule has 0 saturated heterocycles. The molecule has 0 saturated carbocycles. The second kappa shape index (κ2) is 5.16. The lowest BCUT2D eigenvalue weighted by Crippen LogP contribution is -2.41. The van der Waals surface area contributed by atoms with E-state index in [2.05, 4.69) is 44.2 Å². The number of aryl methyl sites for hydroxylation is 1. The van der Waals surface area contributed by atoms with Crippen LogP contribution in [0.5, 0.6) is 0 Å². The highest BCUT2D eigenvalue weighted by atomic mass is 15.3. The summed E-state index contributed by atoms with van der Waals surface area (Å²) in [4.78, 5) is 4.16. The van der Waals surface area contributed by atoms with Crippen LogP contribution >= 0.6 is 0 Å². The molecular formula is C11H20N6. The molecule has 17 heavy (non-hydrogen) atoms. The molecule has 2 rings (SSSR count). The average molecular weight is 236 g/mol. The van der Waals surface area contributed by atoms with Gasteiger partial charge in [0.1, 0.15) is 5.82 Å². The van der Waals surface area contributed by atoms with Gasteiger partial charge in [0.15, 0.2) is 11.8 Å². The third kappa shape index (κ3) is 2.75. The molecule has 1 aliphatic rings. The third-order valence-electron chi connectivity index (χ3n) is 2.75. The lowest BCUT2D eigenvalue weighted by atomic mass is 10.4. The summed E-state index contributed by atoms with van der Waals surface area (Å²) in [7, 11) is 1.77. The monoisotopic (exact) mass is 236 g/mol. The molecular weight excluding hydrogens is 216 g/mol. The van der Waals surface area contributed by atoms with Crippen LogP contribution in [0.1, 0.15) is 31.9 Å². The Morgan fingerprint density at radius 2 is 2.29 bits per heavy atom. The quantitative estimate of drug-likeness (QED) is 0.585. The average Bonchev–Trinajstić information content (AvgIpc) is 2.86. The van der Waals surface area contributed by atoms with E-state index in [-0.39, 0.29) is 0 Å². The minimum absolute atomic E-state index is 0.366. The largest absolute Gasteiger partial charge is 0.354 e. The fourth-order valence-corrected chi connectivity index (χ4v) is 1.97. The Balaban J connectivity index is 1.93. The van der Waals surface area contributed by atoms with Crippen LogP contribution in [0, 0.1) is 0 Å². The Hall–Kier alpha value is -1.59. The fraction of sp³-hybridized carbons (Fsp3) is 0.727. The Morgan fingerprint density at radius 3 is 3.00 bits per heavy atom. The molecule has 0 aliphatic carbocycles. The third-order valence-corrected chi connectivity index (χ3v) is 2.75. The number of fused-ring (bicyclic) bond motifs is 1. The molecule has 0 unspecified atom stereocenters. The maximum Gasteiger partial charge on any atom is 0.191 e. The van der Waals surface area contributed by atoms with Gasteiger partial charge in [-0.2, -0.15) is 0 Å². The van der Waals surface area contributed by atoms with E-state index in [9.17, 15) is 0 Å². The number of aliphatic imine (C=N–C) groups is 1. The predicted octanol–water partition coefficient (Wildman–Crippen LogP) is 0.298. The predicted molar refractivity (Wildman–Crippen MR) is 66.8 cm³/mol. The first-order valence-corrected chi connectivity index (χ1v) is 6.09. The number of hydrogen-bond donors (Lipinski definition) is 2. The van der Waals surface area contributed by atoms with Crippen LogP contribution in [-0.2, 0) is 19.5 Å². The molecule has 0 atom stereocenters. The van der Waals surface area contributed by atoms with Crippen molar-refractivity contribution in [2.45, 2.75) is 45.8 Å². The number of aromatic nitrogens is 3. The van der Waals surface area contributed by atoms with Crippen LogP contribution in [0.3, 0.4) is 0 Å². The van der Waals surface area contributed by atoms with E-state index >= 15 is 0 Å². The number of nitrogens with one attached hydrogen (secondary N) is 2. The number of rotatable bonds is 3. The van der Waals surface area contributed by atoms with Crippen molar-refractivity contribution >= 4 is 5.96 Å². The fourth-order valence-electron chi connectivity index (χ4n) is 1.97. The molecule has 0 aromatic carbocycles.